The van der Waals surface area contributed by atoms with Crippen LogP contribution in [0.25, 0.3) is 20.2 Å². The Balaban J connectivity index is 1.36. The predicted octanol–water partition coefficient (Wildman–Crippen LogP) is 13.6. The van der Waals surface area contributed by atoms with Crippen LogP contribution in [-0.4, -0.2) is 12.3 Å². The molecule has 5 heteroatoms. The fraction of sp³-hybridized carbons (Fsp3) is 0.423. The monoisotopic (exact) mass is 788 g/mol. The van der Waals surface area contributed by atoms with Gasteiger partial charge in [-0.1, -0.05) is 130 Å². The molecule has 57 heavy (non-hydrogen) atoms. The average Bonchev–Trinajstić information content (AvgIpc) is 3.57. The number of anilines is 5. The van der Waals surface area contributed by atoms with Crippen molar-refractivity contribution in [3.63, 3.8) is 0 Å². The molecule has 0 amide bonds. The van der Waals surface area contributed by atoms with Gasteiger partial charge < -0.3 is 9.80 Å². The summed E-state index contributed by atoms with van der Waals surface area (Å²) in [7, 11) is 0. The SMILES string of the molecule is Cc1cc(C(C)(C)C)cc(C)c1N1c2cc3c(cc2B2c4cc(C(C)(C)C)cc5c4N(c4cc(Cl)cc1c42)C1(C)CCCCC51C)sc1cc(C(C)(C)C)ccc13. The van der Waals surface area contributed by atoms with Gasteiger partial charge in [-0.3, -0.25) is 0 Å². The van der Waals surface area contributed by atoms with Crippen molar-refractivity contribution in [3.05, 3.63) is 105 Å². The van der Waals surface area contributed by atoms with Gasteiger partial charge in [0.15, 0.2) is 0 Å². The molecular formula is C52H58BClN2S. The van der Waals surface area contributed by atoms with Crippen molar-refractivity contribution >= 4 is 94.6 Å². The third kappa shape index (κ3) is 5.08. The standard InChI is InChI=1S/C52H58BClN2S/c1-29-20-32(49(6,7)8)21-30(2)46(29)55-40-27-36-35-17-16-31(48(3,4)5)24-43(35)57-44(36)28-38(40)53-39-23-33(50(9,10)11)22-37-47(39)56(42-26-34(54)25-41(55)45(42)53)52(13)19-15-14-18-51(37,52)12/h16-17,20-28H,14-15,18-19H2,1-13H3. The summed E-state index contributed by atoms with van der Waals surface area (Å²) in [6, 6.07) is 27.0. The number of thiophene rings is 1. The number of aryl methyl sites for hydroxylation is 2. The van der Waals surface area contributed by atoms with E-state index in [1.165, 1.54) is 118 Å². The molecule has 2 nitrogen and oxygen atoms in total. The Labute approximate surface area is 350 Å². The minimum absolute atomic E-state index is 0.0101. The summed E-state index contributed by atoms with van der Waals surface area (Å²) in [5.41, 5.74) is 19.2. The summed E-state index contributed by atoms with van der Waals surface area (Å²) >= 11 is 9.40. The average molecular weight is 789 g/mol. The van der Waals surface area contributed by atoms with Crippen LogP contribution in [0.5, 0.6) is 0 Å². The number of rotatable bonds is 1. The van der Waals surface area contributed by atoms with E-state index < -0.39 is 0 Å². The van der Waals surface area contributed by atoms with Crippen molar-refractivity contribution in [2.24, 2.45) is 0 Å². The number of hydrogen-bond acceptors (Lipinski definition) is 3. The molecule has 1 aromatic heterocycles. The molecule has 0 saturated heterocycles. The molecule has 1 aliphatic carbocycles. The minimum Gasteiger partial charge on any atom is -0.335 e. The molecule has 10 rings (SSSR count). The van der Waals surface area contributed by atoms with Gasteiger partial charge in [-0.25, -0.2) is 0 Å². The number of halogens is 1. The van der Waals surface area contributed by atoms with Crippen LogP contribution in [0.15, 0.2) is 66.7 Å². The fourth-order valence-electron chi connectivity index (χ4n) is 11.5. The molecule has 6 aromatic rings. The highest BCUT2D eigenvalue weighted by Crippen LogP contribution is 2.62. The molecule has 5 aromatic carbocycles. The second-order valence-corrected chi connectivity index (χ2v) is 23.2. The zero-order chi connectivity index (χ0) is 40.5. The van der Waals surface area contributed by atoms with Gasteiger partial charge in [0.1, 0.15) is 0 Å². The normalized spacial score (nSPS) is 21.3. The lowest BCUT2D eigenvalue weighted by Crippen LogP contribution is -2.64. The summed E-state index contributed by atoms with van der Waals surface area (Å²) in [6.07, 6.45) is 4.89. The zero-order valence-corrected chi connectivity index (χ0v) is 38.0. The summed E-state index contributed by atoms with van der Waals surface area (Å²) < 4.78 is 2.73. The van der Waals surface area contributed by atoms with Crippen LogP contribution < -0.4 is 26.2 Å². The summed E-state index contributed by atoms with van der Waals surface area (Å²) in [5.74, 6) is 0. The van der Waals surface area contributed by atoms with Crippen LogP contribution in [0.4, 0.5) is 28.4 Å². The first-order valence-electron chi connectivity index (χ1n) is 21.4. The van der Waals surface area contributed by atoms with E-state index in [9.17, 15) is 0 Å². The lowest BCUT2D eigenvalue weighted by molar-refractivity contribution is 0.195. The second kappa shape index (κ2) is 11.7. The van der Waals surface area contributed by atoms with E-state index in [1.807, 2.05) is 11.3 Å². The Morgan fingerprint density at radius 2 is 1.23 bits per heavy atom. The van der Waals surface area contributed by atoms with Crippen molar-refractivity contribution in [3.8, 4) is 0 Å². The lowest BCUT2D eigenvalue weighted by Gasteiger charge is -2.52. The first-order valence-corrected chi connectivity index (χ1v) is 22.6. The van der Waals surface area contributed by atoms with Crippen LogP contribution in [0.1, 0.15) is 135 Å². The van der Waals surface area contributed by atoms with Crippen LogP contribution in [0.3, 0.4) is 0 Å². The first-order chi connectivity index (χ1) is 26.6. The zero-order valence-electron chi connectivity index (χ0n) is 36.4. The van der Waals surface area contributed by atoms with E-state index in [0.29, 0.717) is 0 Å². The molecule has 0 bridgehead atoms. The third-order valence-corrected chi connectivity index (χ3v) is 16.2. The van der Waals surface area contributed by atoms with Gasteiger partial charge in [-0.2, -0.15) is 0 Å². The van der Waals surface area contributed by atoms with Crippen molar-refractivity contribution in [1.82, 2.24) is 0 Å². The first kappa shape index (κ1) is 37.5. The summed E-state index contributed by atoms with van der Waals surface area (Å²) in [5, 5.41) is 3.48. The number of hydrogen-bond donors (Lipinski definition) is 0. The van der Waals surface area contributed by atoms with Gasteiger partial charge in [0.2, 0.25) is 0 Å². The minimum atomic E-state index is -0.0618. The molecule has 292 valence electrons. The predicted molar refractivity (Wildman–Crippen MR) is 252 cm³/mol. The van der Waals surface area contributed by atoms with E-state index in [0.717, 1.165) is 5.02 Å². The Morgan fingerprint density at radius 1 is 0.614 bits per heavy atom. The molecule has 0 N–H and O–H groups in total. The van der Waals surface area contributed by atoms with Crippen LogP contribution in [0, 0.1) is 13.8 Å². The fourth-order valence-corrected chi connectivity index (χ4v) is 12.8. The van der Waals surface area contributed by atoms with Gasteiger partial charge in [0.25, 0.3) is 6.71 Å². The smallest absolute Gasteiger partial charge is 0.252 e. The topological polar surface area (TPSA) is 6.48 Å². The number of fused-ring (bicyclic) bond motifs is 10. The van der Waals surface area contributed by atoms with Crippen molar-refractivity contribution in [2.75, 3.05) is 9.80 Å². The lowest BCUT2D eigenvalue weighted by atomic mass is 9.33. The van der Waals surface area contributed by atoms with Crippen molar-refractivity contribution < 1.29 is 0 Å². The van der Waals surface area contributed by atoms with Gasteiger partial charge in [0, 0.05) is 53.4 Å². The molecule has 3 aliphatic heterocycles. The van der Waals surface area contributed by atoms with E-state index >= 15 is 0 Å². The third-order valence-electron chi connectivity index (χ3n) is 14.9. The summed E-state index contributed by atoms with van der Waals surface area (Å²) in [4.78, 5) is 5.43. The van der Waals surface area contributed by atoms with E-state index in [1.54, 1.807) is 5.56 Å². The van der Waals surface area contributed by atoms with E-state index in [2.05, 4.69) is 167 Å². The number of nitrogens with zero attached hydrogens (tertiary/aromatic N) is 2. The summed E-state index contributed by atoms with van der Waals surface area (Å²) in [6.45, 7) is 31.0. The maximum Gasteiger partial charge on any atom is 0.252 e. The highest BCUT2D eigenvalue weighted by Gasteiger charge is 2.61. The highest BCUT2D eigenvalue weighted by molar-refractivity contribution is 7.26. The van der Waals surface area contributed by atoms with Gasteiger partial charge in [0.05, 0.1) is 11.2 Å². The van der Waals surface area contributed by atoms with Gasteiger partial charge >= 0.3 is 0 Å². The Morgan fingerprint density at radius 3 is 1.89 bits per heavy atom. The molecule has 0 spiro atoms. The van der Waals surface area contributed by atoms with E-state index in [-0.39, 0.29) is 33.9 Å². The molecule has 0 radical (unpaired) electrons. The Hall–Kier alpha value is -3.73. The van der Waals surface area contributed by atoms with Gasteiger partial charge in [-0.15, -0.1) is 11.3 Å². The molecule has 2 unspecified atom stereocenters. The second-order valence-electron chi connectivity index (χ2n) is 21.7. The molecule has 2 atom stereocenters. The van der Waals surface area contributed by atoms with Crippen LogP contribution in [-0.2, 0) is 21.7 Å². The molecule has 1 fully saturated rings. The molecule has 1 saturated carbocycles. The molecular weight excluding hydrogens is 731 g/mol. The molecule has 4 heterocycles. The van der Waals surface area contributed by atoms with Crippen molar-refractivity contribution in [1.29, 1.82) is 0 Å². The largest absolute Gasteiger partial charge is 0.335 e. The maximum atomic E-state index is 7.44. The maximum absolute atomic E-state index is 7.44. The number of benzene rings is 5. The van der Waals surface area contributed by atoms with Crippen LogP contribution in [0.2, 0.25) is 5.02 Å². The quantitative estimate of drug-likeness (QED) is 0.153. The van der Waals surface area contributed by atoms with E-state index in [4.69, 9.17) is 11.6 Å². The highest BCUT2D eigenvalue weighted by atomic mass is 35.5. The van der Waals surface area contributed by atoms with Crippen molar-refractivity contribution in [2.45, 2.75) is 143 Å². The Bertz CT molecular complexity index is 2710. The van der Waals surface area contributed by atoms with Gasteiger partial charge in [-0.05, 0) is 130 Å². The van der Waals surface area contributed by atoms with Crippen LogP contribution >= 0.6 is 22.9 Å². The Kier molecular flexibility index (Phi) is 7.72. The molecule has 4 aliphatic rings.